The molecule has 0 aromatic carbocycles. The number of rotatable bonds is 3. The molecular formula is C14H17NO2S. The Balaban J connectivity index is 1.95. The van der Waals surface area contributed by atoms with Crippen LogP contribution < -0.4 is 4.84 Å². The maximum atomic E-state index is 11.8. The summed E-state index contributed by atoms with van der Waals surface area (Å²) in [6.45, 7) is 4.04. The van der Waals surface area contributed by atoms with Gasteiger partial charge in [-0.3, -0.25) is 0 Å². The monoisotopic (exact) mass is 263 g/mol. The van der Waals surface area contributed by atoms with Gasteiger partial charge in [0.25, 0.3) is 0 Å². The van der Waals surface area contributed by atoms with E-state index < -0.39 is 0 Å². The van der Waals surface area contributed by atoms with Crippen LogP contribution in [-0.2, 0) is 4.79 Å². The lowest BCUT2D eigenvalue weighted by molar-refractivity contribution is -0.145. The van der Waals surface area contributed by atoms with Gasteiger partial charge in [-0.25, -0.2) is 4.79 Å². The summed E-state index contributed by atoms with van der Waals surface area (Å²) in [4.78, 5) is 17.1. The molecule has 1 saturated carbocycles. The van der Waals surface area contributed by atoms with Crippen LogP contribution in [0, 0.1) is 10.6 Å². The second kappa shape index (κ2) is 5.96. The molecule has 1 aromatic heterocycles. The molecule has 1 aromatic rings. The summed E-state index contributed by atoms with van der Waals surface area (Å²) in [6, 6.07) is 5.32. The summed E-state index contributed by atoms with van der Waals surface area (Å²) in [6.07, 6.45) is 6.47. The molecule has 2 rings (SSSR count). The molecule has 0 amide bonds. The third kappa shape index (κ3) is 3.29. The van der Waals surface area contributed by atoms with Crippen LogP contribution in [0.2, 0.25) is 0 Å². The van der Waals surface area contributed by atoms with Crippen LogP contribution in [-0.4, -0.2) is 10.7 Å². The summed E-state index contributed by atoms with van der Waals surface area (Å²) >= 11 is 5.07. The van der Waals surface area contributed by atoms with E-state index in [1.165, 1.54) is 23.1 Å². The van der Waals surface area contributed by atoms with Gasteiger partial charge in [0, 0.05) is 6.20 Å². The van der Waals surface area contributed by atoms with Gasteiger partial charge in [0.1, 0.15) is 4.64 Å². The van der Waals surface area contributed by atoms with Crippen LogP contribution in [0.5, 0.6) is 0 Å². The molecule has 1 aliphatic carbocycles. The van der Waals surface area contributed by atoms with E-state index in [-0.39, 0.29) is 11.9 Å². The van der Waals surface area contributed by atoms with Gasteiger partial charge < -0.3 is 4.84 Å². The topological polar surface area (TPSA) is 31.2 Å². The summed E-state index contributed by atoms with van der Waals surface area (Å²) < 4.78 is 1.83. The Kier molecular flexibility index (Phi) is 4.31. The number of nitrogens with zero attached hydrogens (tertiary/aromatic N) is 1. The van der Waals surface area contributed by atoms with Crippen molar-refractivity contribution in [1.82, 2.24) is 4.73 Å². The molecule has 0 bridgehead atoms. The van der Waals surface area contributed by atoms with Crippen molar-refractivity contribution >= 4 is 18.2 Å². The average Bonchev–Trinajstić information content (AvgIpc) is 2.35. The summed E-state index contributed by atoms with van der Waals surface area (Å²) in [5.41, 5.74) is 1.18. The zero-order chi connectivity index (χ0) is 13.0. The molecule has 1 unspecified atom stereocenters. The minimum atomic E-state index is -0.245. The lowest BCUT2D eigenvalue weighted by Gasteiger charge is -2.23. The Bertz CT molecular complexity index is 507. The fraction of sp³-hybridized carbons (Fsp3) is 0.429. The zero-order valence-corrected chi connectivity index (χ0v) is 11.1. The molecule has 1 heterocycles. The Morgan fingerprint density at radius 1 is 1.50 bits per heavy atom. The molecule has 0 spiro atoms. The first kappa shape index (κ1) is 13.0. The van der Waals surface area contributed by atoms with Gasteiger partial charge in [-0.1, -0.05) is 36.9 Å². The van der Waals surface area contributed by atoms with Crippen LogP contribution in [0.3, 0.4) is 0 Å². The molecule has 96 valence electrons. The van der Waals surface area contributed by atoms with E-state index in [2.05, 4.69) is 6.58 Å². The molecule has 18 heavy (non-hydrogen) atoms. The first-order valence-corrected chi connectivity index (χ1v) is 6.64. The fourth-order valence-corrected chi connectivity index (χ4v) is 2.41. The second-order valence-electron chi connectivity index (χ2n) is 4.63. The summed E-state index contributed by atoms with van der Waals surface area (Å²) in [7, 11) is 0. The van der Waals surface area contributed by atoms with Crippen molar-refractivity contribution in [2.24, 2.45) is 5.92 Å². The molecular weight excluding hydrogens is 246 g/mol. The van der Waals surface area contributed by atoms with Crippen molar-refractivity contribution < 1.29 is 9.63 Å². The van der Waals surface area contributed by atoms with Crippen molar-refractivity contribution in [2.75, 3.05) is 0 Å². The van der Waals surface area contributed by atoms with E-state index in [4.69, 9.17) is 17.1 Å². The molecule has 0 aliphatic heterocycles. The number of hydrogen-bond donors (Lipinski definition) is 0. The van der Waals surface area contributed by atoms with Crippen LogP contribution in [0.25, 0.3) is 0 Å². The highest BCUT2D eigenvalue weighted by atomic mass is 32.1. The standard InChI is InChI=1S/C14H17NO2S/c1-11-6-2-3-7-12(11)10-14(16)17-15-9-5-4-8-13(15)18/h4-5,8-9,12H,1-3,6-7,10H2. The molecule has 0 radical (unpaired) electrons. The van der Waals surface area contributed by atoms with E-state index >= 15 is 0 Å². The highest BCUT2D eigenvalue weighted by Gasteiger charge is 2.21. The molecule has 0 N–H and O–H groups in total. The zero-order valence-electron chi connectivity index (χ0n) is 10.3. The first-order chi connectivity index (χ1) is 8.66. The molecule has 1 fully saturated rings. The Morgan fingerprint density at radius 2 is 2.33 bits per heavy atom. The highest BCUT2D eigenvalue weighted by Crippen LogP contribution is 2.30. The number of carbonyl (C=O) groups excluding carboxylic acids is 1. The van der Waals surface area contributed by atoms with E-state index in [0.29, 0.717) is 11.1 Å². The highest BCUT2D eigenvalue weighted by molar-refractivity contribution is 7.71. The summed E-state index contributed by atoms with van der Waals surface area (Å²) in [5.74, 6) is 0.0227. The fourth-order valence-electron chi connectivity index (χ4n) is 2.23. The number of pyridine rings is 1. The Labute approximate surface area is 112 Å². The van der Waals surface area contributed by atoms with E-state index in [1.54, 1.807) is 18.3 Å². The quantitative estimate of drug-likeness (QED) is 0.619. The minimum Gasteiger partial charge on any atom is -0.336 e. The van der Waals surface area contributed by atoms with E-state index in [9.17, 15) is 4.79 Å². The van der Waals surface area contributed by atoms with Crippen LogP contribution in [0.1, 0.15) is 32.1 Å². The van der Waals surface area contributed by atoms with Crippen molar-refractivity contribution in [3.63, 3.8) is 0 Å². The van der Waals surface area contributed by atoms with E-state index in [0.717, 1.165) is 12.8 Å². The first-order valence-electron chi connectivity index (χ1n) is 6.23. The number of hydrogen-bond acceptors (Lipinski definition) is 3. The normalized spacial score (nSPS) is 19.6. The van der Waals surface area contributed by atoms with Crippen molar-refractivity contribution in [2.45, 2.75) is 32.1 Å². The van der Waals surface area contributed by atoms with Crippen LogP contribution in [0.4, 0.5) is 0 Å². The summed E-state index contributed by atoms with van der Waals surface area (Å²) in [5, 5.41) is 0. The van der Waals surface area contributed by atoms with Crippen molar-refractivity contribution in [3.8, 4) is 0 Å². The average molecular weight is 263 g/mol. The second-order valence-corrected chi connectivity index (χ2v) is 5.05. The predicted octanol–water partition coefficient (Wildman–Crippen LogP) is 3.31. The van der Waals surface area contributed by atoms with Gasteiger partial charge in [-0.05, 0) is 37.3 Å². The van der Waals surface area contributed by atoms with Gasteiger partial charge in [-0.15, -0.1) is 0 Å². The lowest BCUT2D eigenvalue weighted by atomic mass is 9.83. The smallest absolute Gasteiger partial charge is 0.333 e. The molecule has 0 saturated heterocycles. The number of allylic oxidation sites excluding steroid dienone is 1. The lowest BCUT2D eigenvalue weighted by Crippen LogP contribution is -2.24. The van der Waals surface area contributed by atoms with Gasteiger partial charge in [-0.2, -0.15) is 4.73 Å². The molecule has 1 atom stereocenters. The van der Waals surface area contributed by atoms with E-state index in [1.807, 2.05) is 6.07 Å². The van der Waals surface area contributed by atoms with Crippen LogP contribution in [0.15, 0.2) is 36.5 Å². The Hall–Kier alpha value is -1.42. The molecule has 4 heteroatoms. The maximum Gasteiger partial charge on any atom is 0.333 e. The number of carbonyl (C=O) groups is 1. The van der Waals surface area contributed by atoms with Gasteiger partial charge in [0.2, 0.25) is 0 Å². The van der Waals surface area contributed by atoms with Gasteiger partial charge >= 0.3 is 5.97 Å². The van der Waals surface area contributed by atoms with Crippen molar-refractivity contribution in [3.05, 3.63) is 41.2 Å². The minimum absolute atomic E-state index is 0.245. The predicted molar refractivity (Wildman–Crippen MR) is 72.6 cm³/mol. The molecule has 3 nitrogen and oxygen atoms in total. The SMILES string of the molecule is C=C1CCCCC1CC(=O)On1ccccc1=S. The third-order valence-corrected chi connectivity index (χ3v) is 3.60. The number of aromatic nitrogens is 1. The van der Waals surface area contributed by atoms with Crippen LogP contribution >= 0.6 is 12.2 Å². The van der Waals surface area contributed by atoms with Gasteiger partial charge in [0.05, 0.1) is 6.42 Å². The largest absolute Gasteiger partial charge is 0.336 e. The maximum absolute atomic E-state index is 11.8. The molecule has 1 aliphatic rings. The van der Waals surface area contributed by atoms with Crippen molar-refractivity contribution in [1.29, 1.82) is 0 Å². The third-order valence-electron chi connectivity index (χ3n) is 3.28. The Morgan fingerprint density at radius 3 is 3.06 bits per heavy atom. The van der Waals surface area contributed by atoms with Gasteiger partial charge in [0.15, 0.2) is 0 Å².